The van der Waals surface area contributed by atoms with Gasteiger partial charge in [0.15, 0.2) is 4.67 Å². The van der Waals surface area contributed by atoms with Gasteiger partial charge in [-0.15, -0.1) is 0 Å². The second-order valence-electron chi connectivity index (χ2n) is 4.32. The zero-order valence-electron chi connectivity index (χ0n) is 11.2. The Bertz CT molecular complexity index is 507. The summed E-state index contributed by atoms with van der Waals surface area (Å²) >= 11 is 3.31. The van der Waals surface area contributed by atoms with E-state index in [1.807, 2.05) is 24.3 Å². The molecule has 0 aliphatic rings. The fraction of sp³-hybridized carbons (Fsp3) is 0.333. The highest BCUT2D eigenvalue weighted by atomic mass is 79.9. The van der Waals surface area contributed by atoms with Crippen molar-refractivity contribution >= 4 is 15.9 Å². The summed E-state index contributed by atoms with van der Waals surface area (Å²) in [6.45, 7) is 2.89. The second kappa shape index (κ2) is 6.78. The average Bonchev–Trinajstić information content (AvgIpc) is 2.86. The van der Waals surface area contributed by atoms with Gasteiger partial charge in [0.25, 0.3) is 0 Å². The third-order valence-corrected chi connectivity index (χ3v) is 3.50. The van der Waals surface area contributed by atoms with Crippen molar-refractivity contribution in [2.75, 3.05) is 7.11 Å². The smallest absolute Gasteiger partial charge is 0.169 e. The first-order valence-corrected chi connectivity index (χ1v) is 7.13. The highest BCUT2D eigenvalue weighted by Crippen LogP contribution is 2.21. The van der Waals surface area contributed by atoms with Crippen molar-refractivity contribution in [3.63, 3.8) is 0 Å². The topological polar surface area (TPSA) is 34.4 Å². The van der Waals surface area contributed by atoms with Gasteiger partial charge in [0, 0.05) is 6.04 Å². The molecule has 0 bridgehead atoms. The zero-order chi connectivity index (χ0) is 13.7. The second-order valence-corrected chi connectivity index (χ2v) is 5.10. The molecule has 1 N–H and O–H groups in total. The van der Waals surface area contributed by atoms with Crippen LogP contribution in [0.1, 0.15) is 30.7 Å². The number of methoxy groups -OCH3 is 1. The summed E-state index contributed by atoms with van der Waals surface area (Å²) < 4.78 is 11.4. The molecule has 0 saturated carbocycles. The van der Waals surface area contributed by atoms with Gasteiger partial charge in [0.2, 0.25) is 0 Å². The van der Waals surface area contributed by atoms with Crippen LogP contribution in [0.2, 0.25) is 0 Å². The van der Waals surface area contributed by atoms with Gasteiger partial charge in [-0.3, -0.25) is 0 Å². The lowest BCUT2D eigenvalue weighted by molar-refractivity contribution is 0.413. The quantitative estimate of drug-likeness (QED) is 0.861. The standard InChI is InChI=1S/C15H18BrNO2/c1-3-14(11-4-6-12(18-2)7-5-11)17-10-13-8-9-15(16)19-13/h4-9,14,17H,3,10H2,1-2H3. The van der Waals surface area contributed by atoms with Crippen molar-refractivity contribution in [3.05, 3.63) is 52.4 Å². The molecular formula is C15H18BrNO2. The number of furan rings is 1. The van der Waals surface area contributed by atoms with E-state index in [2.05, 4.69) is 40.3 Å². The minimum Gasteiger partial charge on any atom is -0.497 e. The summed E-state index contributed by atoms with van der Waals surface area (Å²) in [5.74, 6) is 1.81. The molecule has 2 aromatic rings. The van der Waals surface area contributed by atoms with E-state index in [1.165, 1.54) is 5.56 Å². The largest absolute Gasteiger partial charge is 0.497 e. The fourth-order valence-electron chi connectivity index (χ4n) is 2.00. The number of hydrogen-bond donors (Lipinski definition) is 1. The van der Waals surface area contributed by atoms with E-state index >= 15 is 0 Å². The SMILES string of the molecule is CCC(NCc1ccc(Br)o1)c1ccc(OC)cc1. The first-order valence-electron chi connectivity index (χ1n) is 6.34. The molecule has 1 heterocycles. The summed E-state index contributed by atoms with van der Waals surface area (Å²) in [6.07, 6.45) is 1.02. The van der Waals surface area contributed by atoms with Gasteiger partial charge in [-0.1, -0.05) is 19.1 Å². The number of nitrogens with one attached hydrogen (secondary N) is 1. The molecule has 1 unspecified atom stereocenters. The molecule has 0 fully saturated rings. The van der Waals surface area contributed by atoms with E-state index in [9.17, 15) is 0 Å². The Balaban J connectivity index is 1.98. The van der Waals surface area contributed by atoms with Crippen LogP contribution in [-0.4, -0.2) is 7.11 Å². The molecule has 4 heteroatoms. The molecule has 0 spiro atoms. The minimum absolute atomic E-state index is 0.315. The van der Waals surface area contributed by atoms with Crippen molar-refractivity contribution < 1.29 is 9.15 Å². The normalized spacial score (nSPS) is 12.4. The molecule has 0 amide bonds. The van der Waals surface area contributed by atoms with Gasteiger partial charge in [-0.2, -0.15) is 0 Å². The molecule has 102 valence electrons. The average molecular weight is 324 g/mol. The van der Waals surface area contributed by atoms with E-state index in [0.717, 1.165) is 29.1 Å². The van der Waals surface area contributed by atoms with Crippen LogP contribution in [0.5, 0.6) is 5.75 Å². The monoisotopic (exact) mass is 323 g/mol. The van der Waals surface area contributed by atoms with Crippen molar-refractivity contribution in [3.8, 4) is 5.75 Å². The van der Waals surface area contributed by atoms with Gasteiger partial charge < -0.3 is 14.5 Å². The van der Waals surface area contributed by atoms with Gasteiger partial charge in [-0.25, -0.2) is 0 Å². The number of benzene rings is 1. The van der Waals surface area contributed by atoms with Crippen LogP contribution in [0.3, 0.4) is 0 Å². The Hall–Kier alpha value is -1.26. The summed E-state index contributed by atoms with van der Waals surface area (Å²) in [4.78, 5) is 0. The molecule has 1 atom stereocenters. The number of halogens is 1. The van der Waals surface area contributed by atoms with Crippen LogP contribution in [0, 0.1) is 0 Å². The van der Waals surface area contributed by atoms with E-state index in [-0.39, 0.29) is 0 Å². The third-order valence-electron chi connectivity index (χ3n) is 3.08. The lowest BCUT2D eigenvalue weighted by atomic mass is 10.0. The maximum absolute atomic E-state index is 5.48. The van der Waals surface area contributed by atoms with Crippen molar-refractivity contribution in [1.82, 2.24) is 5.32 Å². The molecule has 19 heavy (non-hydrogen) atoms. The number of rotatable bonds is 6. The first kappa shape index (κ1) is 14.2. The Morgan fingerprint density at radius 1 is 1.21 bits per heavy atom. The Morgan fingerprint density at radius 3 is 2.47 bits per heavy atom. The van der Waals surface area contributed by atoms with Gasteiger partial charge in [-0.05, 0) is 52.2 Å². The van der Waals surface area contributed by atoms with Crippen LogP contribution < -0.4 is 10.1 Å². The number of ether oxygens (including phenoxy) is 1. The highest BCUT2D eigenvalue weighted by molar-refractivity contribution is 9.10. The summed E-state index contributed by atoms with van der Waals surface area (Å²) in [5, 5.41) is 3.50. The third kappa shape index (κ3) is 3.85. The first-order chi connectivity index (χ1) is 9.22. The Morgan fingerprint density at radius 2 is 1.95 bits per heavy atom. The lowest BCUT2D eigenvalue weighted by Crippen LogP contribution is -2.19. The minimum atomic E-state index is 0.315. The molecule has 1 aromatic carbocycles. The summed E-state index contributed by atoms with van der Waals surface area (Å²) in [7, 11) is 1.68. The highest BCUT2D eigenvalue weighted by Gasteiger charge is 2.10. The molecule has 0 radical (unpaired) electrons. The van der Waals surface area contributed by atoms with E-state index in [0.29, 0.717) is 6.04 Å². The maximum Gasteiger partial charge on any atom is 0.169 e. The summed E-state index contributed by atoms with van der Waals surface area (Å²) in [6, 6.07) is 12.4. The van der Waals surface area contributed by atoms with Crippen LogP contribution >= 0.6 is 15.9 Å². The van der Waals surface area contributed by atoms with Crippen molar-refractivity contribution in [1.29, 1.82) is 0 Å². The van der Waals surface area contributed by atoms with E-state index < -0.39 is 0 Å². The van der Waals surface area contributed by atoms with Crippen LogP contribution in [-0.2, 0) is 6.54 Å². The van der Waals surface area contributed by atoms with E-state index in [1.54, 1.807) is 7.11 Å². The predicted octanol–water partition coefficient (Wildman–Crippen LogP) is 4.29. The molecule has 1 aromatic heterocycles. The zero-order valence-corrected chi connectivity index (χ0v) is 12.7. The van der Waals surface area contributed by atoms with Crippen molar-refractivity contribution in [2.24, 2.45) is 0 Å². The van der Waals surface area contributed by atoms with Crippen molar-refractivity contribution in [2.45, 2.75) is 25.9 Å². The number of hydrogen-bond acceptors (Lipinski definition) is 3. The molecule has 0 saturated heterocycles. The fourth-order valence-corrected chi connectivity index (χ4v) is 2.34. The van der Waals surface area contributed by atoms with Crippen LogP contribution in [0.25, 0.3) is 0 Å². The molecule has 2 rings (SSSR count). The van der Waals surface area contributed by atoms with Gasteiger partial charge in [0.05, 0.1) is 13.7 Å². The molecular weight excluding hydrogens is 306 g/mol. The van der Waals surface area contributed by atoms with Crippen LogP contribution in [0.4, 0.5) is 0 Å². The molecule has 0 aliphatic carbocycles. The maximum atomic E-state index is 5.48. The Labute approximate surface area is 122 Å². The molecule has 3 nitrogen and oxygen atoms in total. The lowest BCUT2D eigenvalue weighted by Gasteiger charge is -2.17. The predicted molar refractivity (Wildman–Crippen MR) is 79.3 cm³/mol. The Kier molecular flexibility index (Phi) is 5.05. The van der Waals surface area contributed by atoms with Gasteiger partial charge >= 0.3 is 0 Å². The summed E-state index contributed by atoms with van der Waals surface area (Å²) in [5.41, 5.74) is 1.26. The van der Waals surface area contributed by atoms with Crippen LogP contribution in [0.15, 0.2) is 45.5 Å². The molecule has 0 aliphatic heterocycles. The van der Waals surface area contributed by atoms with Gasteiger partial charge in [0.1, 0.15) is 11.5 Å². The van der Waals surface area contributed by atoms with E-state index in [4.69, 9.17) is 9.15 Å².